The van der Waals surface area contributed by atoms with E-state index in [9.17, 15) is 4.79 Å². The second-order valence-electron chi connectivity index (χ2n) is 3.57. The van der Waals surface area contributed by atoms with E-state index in [1.165, 1.54) is 7.11 Å². The molecule has 0 radical (unpaired) electrons. The van der Waals surface area contributed by atoms with Crippen LogP contribution in [-0.4, -0.2) is 37.2 Å². The number of carbonyl (C=O) groups is 1. The lowest BCUT2D eigenvalue weighted by atomic mass is 9.89. The van der Waals surface area contributed by atoms with E-state index in [0.717, 1.165) is 19.4 Å². The largest absolute Gasteiger partial charge is 0.453 e. The minimum absolute atomic E-state index is 0.208. The summed E-state index contributed by atoms with van der Waals surface area (Å²) in [5.74, 6) is 0.484. The third-order valence-corrected chi connectivity index (χ3v) is 2.75. The van der Waals surface area contributed by atoms with Crippen LogP contribution < -0.4 is 5.73 Å². The van der Waals surface area contributed by atoms with Crippen molar-refractivity contribution in [1.29, 1.82) is 0 Å². The number of hydrogen-bond acceptors (Lipinski definition) is 3. The molecular formula is C9H18N2O2. The van der Waals surface area contributed by atoms with E-state index >= 15 is 0 Å². The van der Waals surface area contributed by atoms with Gasteiger partial charge in [0.25, 0.3) is 0 Å². The molecule has 2 N–H and O–H groups in total. The van der Waals surface area contributed by atoms with E-state index in [1.807, 2.05) is 0 Å². The van der Waals surface area contributed by atoms with E-state index in [0.29, 0.717) is 18.5 Å². The Balaban J connectivity index is 2.39. The highest BCUT2D eigenvalue weighted by molar-refractivity contribution is 5.68. The van der Waals surface area contributed by atoms with Gasteiger partial charge in [-0.3, -0.25) is 0 Å². The van der Waals surface area contributed by atoms with E-state index < -0.39 is 0 Å². The molecular weight excluding hydrogens is 168 g/mol. The van der Waals surface area contributed by atoms with Crippen LogP contribution >= 0.6 is 0 Å². The predicted molar refractivity (Wildman–Crippen MR) is 50.4 cm³/mol. The maximum atomic E-state index is 11.2. The minimum Gasteiger partial charge on any atom is -0.453 e. The zero-order valence-corrected chi connectivity index (χ0v) is 8.32. The number of nitrogens with zero attached hydrogens (tertiary/aromatic N) is 1. The Morgan fingerprint density at radius 2 is 2.46 bits per heavy atom. The van der Waals surface area contributed by atoms with E-state index in [1.54, 1.807) is 4.90 Å². The van der Waals surface area contributed by atoms with Gasteiger partial charge in [0.1, 0.15) is 0 Å². The lowest BCUT2D eigenvalue weighted by molar-refractivity contribution is 0.0374. The van der Waals surface area contributed by atoms with Crippen LogP contribution in [0.5, 0.6) is 0 Å². The Labute approximate surface area is 79.0 Å². The number of rotatable bonds is 3. The Kier molecular flexibility index (Phi) is 3.54. The second kappa shape index (κ2) is 4.46. The van der Waals surface area contributed by atoms with Gasteiger partial charge in [-0.2, -0.15) is 0 Å². The van der Waals surface area contributed by atoms with Gasteiger partial charge in [-0.05, 0) is 25.3 Å². The van der Waals surface area contributed by atoms with E-state index in [-0.39, 0.29) is 6.09 Å². The molecule has 0 aromatic heterocycles. The van der Waals surface area contributed by atoms with Crippen LogP contribution in [0.1, 0.15) is 19.8 Å². The number of ether oxygens (including phenoxy) is 1. The van der Waals surface area contributed by atoms with Crippen molar-refractivity contribution in [3.63, 3.8) is 0 Å². The number of amides is 1. The van der Waals surface area contributed by atoms with E-state index in [2.05, 4.69) is 11.7 Å². The number of methoxy groups -OCH3 is 1. The van der Waals surface area contributed by atoms with Crippen molar-refractivity contribution >= 4 is 6.09 Å². The molecule has 1 aliphatic heterocycles. The molecule has 0 aliphatic carbocycles. The number of likely N-dealkylation sites (tertiary alicyclic amines) is 1. The third kappa shape index (κ3) is 2.12. The smallest absolute Gasteiger partial charge is 0.409 e. The Morgan fingerprint density at radius 3 is 2.85 bits per heavy atom. The summed E-state index contributed by atoms with van der Waals surface area (Å²) in [4.78, 5) is 13.0. The third-order valence-electron chi connectivity index (χ3n) is 2.75. The molecule has 4 heteroatoms. The summed E-state index contributed by atoms with van der Waals surface area (Å²) >= 11 is 0. The molecule has 1 heterocycles. The van der Waals surface area contributed by atoms with Crippen LogP contribution in [-0.2, 0) is 4.74 Å². The van der Waals surface area contributed by atoms with Crippen molar-refractivity contribution in [3.05, 3.63) is 0 Å². The topological polar surface area (TPSA) is 55.6 Å². The summed E-state index contributed by atoms with van der Waals surface area (Å²) in [6.07, 6.45) is 1.84. The van der Waals surface area contributed by atoms with Crippen molar-refractivity contribution < 1.29 is 9.53 Å². The van der Waals surface area contributed by atoms with Gasteiger partial charge < -0.3 is 15.4 Å². The highest BCUT2D eigenvalue weighted by Gasteiger charge is 2.35. The molecule has 0 bridgehead atoms. The summed E-state index contributed by atoms with van der Waals surface area (Å²) in [5, 5.41) is 0. The summed E-state index contributed by atoms with van der Waals surface area (Å²) in [5.41, 5.74) is 5.47. The van der Waals surface area contributed by atoms with Gasteiger partial charge in [0.15, 0.2) is 0 Å². The van der Waals surface area contributed by atoms with Crippen molar-refractivity contribution in [3.8, 4) is 0 Å². The highest BCUT2D eigenvalue weighted by Crippen LogP contribution is 2.26. The molecule has 1 amide bonds. The first kappa shape index (κ1) is 10.3. The molecule has 1 rings (SSSR count). The molecule has 2 atom stereocenters. The molecule has 0 spiro atoms. The molecule has 1 fully saturated rings. The first-order valence-corrected chi connectivity index (χ1v) is 4.75. The molecule has 1 aliphatic rings. The SMILES string of the molecule is COC(=O)N1CCC1C(C)CCN. The maximum absolute atomic E-state index is 11.2. The van der Waals surface area contributed by atoms with Crippen LogP contribution in [0.3, 0.4) is 0 Å². The highest BCUT2D eigenvalue weighted by atomic mass is 16.5. The van der Waals surface area contributed by atoms with Gasteiger partial charge in [0.05, 0.1) is 7.11 Å². The van der Waals surface area contributed by atoms with E-state index in [4.69, 9.17) is 5.73 Å². The molecule has 0 saturated carbocycles. The fourth-order valence-electron chi connectivity index (χ4n) is 1.80. The molecule has 13 heavy (non-hydrogen) atoms. The lowest BCUT2D eigenvalue weighted by Crippen LogP contribution is -2.54. The number of hydrogen-bond donors (Lipinski definition) is 1. The summed E-state index contributed by atoms with van der Waals surface area (Å²) in [6.45, 7) is 3.64. The van der Waals surface area contributed by atoms with Crippen LogP contribution in [0.4, 0.5) is 4.79 Å². The molecule has 0 aromatic carbocycles. The maximum Gasteiger partial charge on any atom is 0.409 e. The van der Waals surface area contributed by atoms with Gasteiger partial charge in [0, 0.05) is 12.6 Å². The normalized spacial score (nSPS) is 23.6. The standard InChI is InChI=1S/C9H18N2O2/c1-7(3-5-10)8-4-6-11(8)9(12)13-2/h7-8H,3-6,10H2,1-2H3. The van der Waals surface area contributed by atoms with Gasteiger partial charge in [-0.1, -0.05) is 6.92 Å². The minimum atomic E-state index is -0.208. The van der Waals surface area contributed by atoms with Gasteiger partial charge in [-0.15, -0.1) is 0 Å². The summed E-state index contributed by atoms with van der Waals surface area (Å²) in [6, 6.07) is 0.344. The average Bonchev–Trinajstić information content (AvgIpc) is 2.02. The lowest BCUT2D eigenvalue weighted by Gasteiger charge is -2.43. The predicted octanol–water partition coefficient (Wildman–Crippen LogP) is 0.812. The summed E-state index contributed by atoms with van der Waals surface area (Å²) < 4.78 is 4.67. The van der Waals surface area contributed by atoms with Crippen molar-refractivity contribution in [1.82, 2.24) is 4.90 Å². The zero-order valence-electron chi connectivity index (χ0n) is 8.32. The van der Waals surface area contributed by atoms with Crippen molar-refractivity contribution in [2.24, 2.45) is 11.7 Å². The van der Waals surface area contributed by atoms with Crippen LogP contribution in [0, 0.1) is 5.92 Å². The monoisotopic (exact) mass is 186 g/mol. The second-order valence-corrected chi connectivity index (χ2v) is 3.57. The first-order chi connectivity index (χ1) is 6.20. The first-order valence-electron chi connectivity index (χ1n) is 4.75. The van der Waals surface area contributed by atoms with Crippen LogP contribution in [0.15, 0.2) is 0 Å². The Morgan fingerprint density at radius 1 is 1.77 bits per heavy atom. The van der Waals surface area contributed by atoms with Gasteiger partial charge >= 0.3 is 6.09 Å². The number of nitrogens with two attached hydrogens (primary N) is 1. The Hall–Kier alpha value is -0.770. The molecule has 0 aromatic rings. The van der Waals surface area contributed by atoms with Crippen LogP contribution in [0.2, 0.25) is 0 Å². The molecule has 1 saturated heterocycles. The Bertz CT molecular complexity index is 184. The van der Waals surface area contributed by atoms with Gasteiger partial charge in [0.2, 0.25) is 0 Å². The number of carbonyl (C=O) groups excluding carboxylic acids is 1. The molecule has 4 nitrogen and oxygen atoms in total. The van der Waals surface area contributed by atoms with Gasteiger partial charge in [-0.25, -0.2) is 4.79 Å². The molecule has 76 valence electrons. The average molecular weight is 186 g/mol. The molecule has 2 unspecified atom stereocenters. The van der Waals surface area contributed by atoms with Crippen LogP contribution in [0.25, 0.3) is 0 Å². The van der Waals surface area contributed by atoms with Crippen molar-refractivity contribution in [2.75, 3.05) is 20.2 Å². The summed E-state index contributed by atoms with van der Waals surface area (Å²) in [7, 11) is 1.42. The fraction of sp³-hybridized carbons (Fsp3) is 0.889. The quantitative estimate of drug-likeness (QED) is 0.709. The fourth-order valence-corrected chi connectivity index (χ4v) is 1.80. The van der Waals surface area contributed by atoms with Crippen molar-refractivity contribution in [2.45, 2.75) is 25.8 Å². The zero-order chi connectivity index (χ0) is 9.84.